The lowest BCUT2D eigenvalue weighted by Gasteiger charge is -2.26. The van der Waals surface area contributed by atoms with E-state index >= 15 is 0 Å². The standard InChI is InChI=1S/C17H23N3.2ClH/c1-11-17(12(2)20(4)19-11)16-7-5-6-13-10-14(18-3)8-9-15(13)16;;/h5-7,14,18H,8-10H2,1-4H3;2*1H/t14-;;/m0../s1. The first-order chi connectivity index (χ1) is 9.61. The van der Waals surface area contributed by atoms with E-state index in [-0.39, 0.29) is 24.8 Å². The summed E-state index contributed by atoms with van der Waals surface area (Å²) in [6.45, 7) is 4.27. The summed E-state index contributed by atoms with van der Waals surface area (Å²) in [6.07, 6.45) is 3.52. The van der Waals surface area contributed by atoms with E-state index in [2.05, 4.69) is 49.5 Å². The van der Waals surface area contributed by atoms with E-state index in [0.29, 0.717) is 6.04 Å². The van der Waals surface area contributed by atoms with Crippen molar-refractivity contribution in [2.24, 2.45) is 7.05 Å². The third-order valence-electron chi connectivity index (χ3n) is 4.67. The van der Waals surface area contributed by atoms with Gasteiger partial charge in [-0.25, -0.2) is 0 Å². The van der Waals surface area contributed by atoms with Crippen LogP contribution in [0.1, 0.15) is 28.9 Å². The van der Waals surface area contributed by atoms with E-state index in [1.54, 1.807) is 0 Å². The second-order valence-corrected chi connectivity index (χ2v) is 5.84. The van der Waals surface area contributed by atoms with Gasteiger partial charge in [-0.3, -0.25) is 4.68 Å². The van der Waals surface area contributed by atoms with Crippen LogP contribution in [0.3, 0.4) is 0 Å². The monoisotopic (exact) mass is 341 g/mol. The number of hydrogen-bond acceptors (Lipinski definition) is 2. The fraction of sp³-hybridized carbons (Fsp3) is 0.471. The average molecular weight is 342 g/mol. The second kappa shape index (κ2) is 7.49. The summed E-state index contributed by atoms with van der Waals surface area (Å²) in [6, 6.07) is 7.35. The highest BCUT2D eigenvalue weighted by Crippen LogP contribution is 2.34. The molecule has 0 unspecified atom stereocenters. The first kappa shape index (κ1) is 19.0. The van der Waals surface area contributed by atoms with Crippen LogP contribution in [-0.2, 0) is 19.9 Å². The van der Waals surface area contributed by atoms with Gasteiger partial charge < -0.3 is 5.32 Å². The minimum Gasteiger partial charge on any atom is -0.317 e. The fourth-order valence-electron chi connectivity index (χ4n) is 3.45. The minimum atomic E-state index is 0. The molecular formula is C17H25Cl2N3. The maximum absolute atomic E-state index is 4.57. The van der Waals surface area contributed by atoms with Gasteiger partial charge in [-0.1, -0.05) is 18.2 Å². The Hall–Kier alpha value is -1.03. The first-order valence-electron chi connectivity index (χ1n) is 7.40. The lowest BCUT2D eigenvalue weighted by atomic mass is 9.83. The highest BCUT2D eigenvalue weighted by molar-refractivity contribution is 5.85. The molecule has 5 heteroatoms. The number of halogens is 2. The minimum absolute atomic E-state index is 0. The number of likely N-dealkylation sites (N-methyl/N-ethyl adjacent to an activating group) is 1. The van der Waals surface area contributed by atoms with Crippen LogP contribution in [0.25, 0.3) is 11.1 Å². The van der Waals surface area contributed by atoms with Gasteiger partial charge in [-0.15, -0.1) is 24.8 Å². The molecule has 0 bridgehead atoms. The average Bonchev–Trinajstić information content (AvgIpc) is 2.71. The lowest BCUT2D eigenvalue weighted by molar-refractivity contribution is 0.497. The van der Waals surface area contributed by atoms with Crippen LogP contribution >= 0.6 is 24.8 Å². The Morgan fingerprint density at radius 1 is 1.23 bits per heavy atom. The van der Waals surface area contributed by atoms with E-state index < -0.39 is 0 Å². The van der Waals surface area contributed by atoms with Gasteiger partial charge >= 0.3 is 0 Å². The van der Waals surface area contributed by atoms with Crippen LogP contribution in [-0.4, -0.2) is 22.9 Å². The molecule has 1 N–H and O–H groups in total. The third-order valence-corrected chi connectivity index (χ3v) is 4.67. The van der Waals surface area contributed by atoms with E-state index in [0.717, 1.165) is 18.5 Å². The summed E-state index contributed by atoms with van der Waals surface area (Å²) in [5, 5.41) is 7.99. The summed E-state index contributed by atoms with van der Waals surface area (Å²) in [5.74, 6) is 0. The van der Waals surface area contributed by atoms with Gasteiger partial charge in [-0.2, -0.15) is 5.10 Å². The van der Waals surface area contributed by atoms with Crippen molar-refractivity contribution in [2.45, 2.75) is 39.2 Å². The zero-order chi connectivity index (χ0) is 14.3. The summed E-state index contributed by atoms with van der Waals surface area (Å²) < 4.78 is 1.99. The Morgan fingerprint density at radius 3 is 2.55 bits per heavy atom. The molecule has 22 heavy (non-hydrogen) atoms. The van der Waals surface area contributed by atoms with Gasteiger partial charge in [-0.05, 0) is 56.8 Å². The Labute approximate surface area is 145 Å². The molecule has 2 aromatic rings. The molecule has 0 amide bonds. The van der Waals surface area contributed by atoms with Gasteiger partial charge in [0, 0.05) is 24.3 Å². The normalized spacial score (nSPS) is 16.5. The number of rotatable bonds is 2. The fourth-order valence-corrected chi connectivity index (χ4v) is 3.45. The number of nitrogens with one attached hydrogen (secondary N) is 1. The van der Waals surface area contributed by atoms with Crippen LogP contribution in [0.4, 0.5) is 0 Å². The van der Waals surface area contributed by atoms with E-state index in [4.69, 9.17) is 0 Å². The topological polar surface area (TPSA) is 29.9 Å². The van der Waals surface area contributed by atoms with Crippen molar-refractivity contribution < 1.29 is 0 Å². The van der Waals surface area contributed by atoms with Crippen molar-refractivity contribution in [1.82, 2.24) is 15.1 Å². The maximum atomic E-state index is 4.57. The van der Waals surface area contributed by atoms with Crippen LogP contribution in [0.2, 0.25) is 0 Å². The molecule has 0 radical (unpaired) electrons. The van der Waals surface area contributed by atoms with Crippen molar-refractivity contribution in [2.75, 3.05) is 7.05 Å². The maximum Gasteiger partial charge on any atom is 0.0674 e. The Balaban J connectivity index is 0.00000121. The van der Waals surface area contributed by atoms with Crippen LogP contribution in [0.15, 0.2) is 18.2 Å². The predicted molar refractivity (Wildman–Crippen MR) is 97.5 cm³/mol. The molecule has 1 atom stereocenters. The molecule has 0 spiro atoms. The number of hydrogen-bond donors (Lipinski definition) is 1. The highest BCUT2D eigenvalue weighted by atomic mass is 35.5. The highest BCUT2D eigenvalue weighted by Gasteiger charge is 2.22. The van der Waals surface area contributed by atoms with Crippen molar-refractivity contribution in [1.29, 1.82) is 0 Å². The van der Waals surface area contributed by atoms with E-state index in [9.17, 15) is 0 Å². The second-order valence-electron chi connectivity index (χ2n) is 5.84. The Morgan fingerprint density at radius 2 is 1.95 bits per heavy atom. The molecule has 1 heterocycles. The molecule has 0 saturated heterocycles. The summed E-state index contributed by atoms with van der Waals surface area (Å²) in [5.41, 5.74) is 8.13. The zero-order valence-corrected chi connectivity index (χ0v) is 15.3. The molecule has 3 nitrogen and oxygen atoms in total. The molecule has 0 fully saturated rings. The van der Waals surface area contributed by atoms with Gasteiger partial charge in [0.25, 0.3) is 0 Å². The number of nitrogens with zero attached hydrogens (tertiary/aromatic N) is 2. The van der Waals surface area contributed by atoms with Crippen molar-refractivity contribution in [3.8, 4) is 11.1 Å². The molecule has 1 aliphatic carbocycles. The van der Waals surface area contributed by atoms with Crippen molar-refractivity contribution in [3.63, 3.8) is 0 Å². The van der Waals surface area contributed by atoms with Crippen LogP contribution in [0, 0.1) is 13.8 Å². The molecule has 0 saturated carbocycles. The molecule has 3 rings (SSSR count). The summed E-state index contributed by atoms with van der Waals surface area (Å²) in [7, 11) is 4.09. The summed E-state index contributed by atoms with van der Waals surface area (Å²) in [4.78, 5) is 0. The number of fused-ring (bicyclic) bond motifs is 1. The number of aryl methyl sites for hydroxylation is 2. The molecule has 0 aliphatic heterocycles. The number of benzene rings is 1. The van der Waals surface area contributed by atoms with Gasteiger partial charge in [0.05, 0.1) is 5.69 Å². The van der Waals surface area contributed by atoms with Crippen LogP contribution in [0.5, 0.6) is 0 Å². The lowest BCUT2D eigenvalue weighted by Crippen LogP contribution is -2.31. The van der Waals surface area contributed by atoms with Gasteiger partial charge in [0.1, 0.15) is 0 Å². The van der Waals surface area contributed by atoms with Gasteiger partial charge in [0.15, 0.2) is 0 Å². The SMILES string of the molecule is CN[C@H]1CCc2c(cccc2-c2c(C)nn(C)c2C)C1.Cl.Cl. The Bertz CT molecular complexity index is 650. The quantitative estimate of drug-likeness (QED) is 0.903. The van der Waals surface area contributed by atoms with Crippen molar-refractivity contribution >= 4 is 24.8 Å². The first-order valence-corrected chi connectivity index (χ1v) is 7.40. The number of aromatic nitrogens is 2. The molecule has 1 aliphatic rings. The molecule has 1 aromatic heterocycles. The van der Waals surface area contributed by atoms with E-state index in [1.807, 2.05) is 11.7 Å². The largest absolute Gasteiger partial charge is 0.317 e. The summed E-state index contributed by atoms with van der Waals surface area (Å²) >= 11 is 0. The van der Waals surface area contributed by atoms with Crippen molar-refractivity contribution in [3.05, 3.63) is 40.7 Å². The molecular weight excluding hydrogens is 317 g/mol. The molecule has 122 valence electrons. The third kappa shape index (κ3) is 3.17. The predicted octanol–water partition coefficient (Wildman–Crippen LogP) is 3.62. The zero-order valence-electron chi connectivity index (χ0n) is 13.6. The molecule has 1 aromatic carbocycles. The van der Waals surface area contributed by atoms with Gasteiger partial charge in [0.2, 0.25) is 0 Å². The van der Waals surface area contributed by atoms with E-state index in [1.165, 1.54) is 34.4 Å². The smallest absolute Gasteiger partial charge is 0.0674 e. The van der Waals surface area contributed by atoms with Crippen LogP contribution < -0.4 is 5.32 Å². The Kier molecular flexibility index (Phi) is 6.48.